The van der Waals surface area contributed by atoms with E-state index in [9.17, 15) is 10.2 Å². The van der Waals surface area contributed by atoms with Crippen molar-refractivity contribution < 1.29 is 10.2 Å². The lowest BCUT2D eigenvalue weighted by molar-refractivity contribution is 0.282. The van der Waals surface area contributed by atoms with Crippen molar-refractivity contribution in [3.8, 4) is 0 Å². The van der Waals surface area contributed by atoms with Crippen LogP contribution in [0.25, 0.3) is 21.5 Å². The van der Waals surface area contributed by atoms with Gasteiger partial charge in [0, 0.05) is 58.7 Å². The average Bonchev–Trinajstić information content (AvgIpc) is 3.55. The van der Waals surface area contributed by atoms with E-state index in [2.05, 4.69) is 151 Å². The van der Waals surface area contributed by atoms with Crippen molar-refractivity contribution in [2.24, 2.45) is 0 Å². The summed E-state index contributed by atoms with van der Waals surface area (Å²) in [7, 11) is 0. The van der Waals surface area contributed by atoms with Crippen LogP contribution in [-0.4, -0.2) is 42.6 Å². The van der Waals surface area contributed by atoms with Crippen LogP contribution in [0.2, 0.25) is 0 Å². The minimum absolute atomic E-state index is 0.0769. The first-order chi connectivity index (χ1) is 26.2. The maximum Gasteiger partial charge on any atom is 0.0569 e. The molecule has 0 aliphatic carbocycles. The monoisotopic (exact) mass is 794 g/mol. The number of halogens is 1. The molecule has 4 aromatic carbocycles. The van der Waals surface area contributed by atoms with Gasteiger partial charge in [0.25, 0.3) is 0 Å². The van der Waals surface area contributed by atoms with Crippen molar-refractivity contribution in [1.29, 1.82) is 0 Å². The molecule has 2 aliphatic heterocycles. The van der Waals surface area contributed by atoms with E-state index in [1.165, 1.54) is 49.7 Å². The van der Waals surface area contributed by atoms with Crippen molar-refractivity contribution in [2.75, 3.05) is 36.1 Å². The third-order valence-electron chi connectivity index (χ3n) is 11.1. The number of allylic oxidation sites excluding steroid dienone is 5. The molecule has 4 nitrogen and oxygen atoms in total. The van der Waals surface area contributed by atoms with Gasteiger partial charge in [-0.15, -0.1) is 0 Å². The predicted octanol–water partition coefficient (Wildman–Crippen LogP) is 13.1. The molecule has 0 saturated carbocycles. The lowest BCUT2D eigenvalue weighted by atomic mass is 9.78. The van der Waals surface area contributed by atoms with Gasteiger partial charge in [0.15, 0.2) is 0 Å². The fourth-order valence-corrected chi connectivity index (χ4v) is 8.91. The fraction of sp³-hybridized carbons (Fsp3) is 0.469. The van der Waals surface area contributed by atoms with Gasteiger partial charge < -0.3 is 20.0 Å². The second kappa shape index (κ2) is 20.5. The van der Waals surface area contributed by atoms with Gasteiger partial charge in [0.1, 0.15) is 0 Å². The van der Waals surface area contributed by atoms with E-state index in [4.69, 9.17) is 0 Å². The van der Waals surface area contributed by atoms with E-state index in [0.717, 1.165) is 68.9 Å². The molecule has 54 heavy (non-hydrogen) atoms. The van der Waals surface area contributed by atoms with E-state index >= 15 is 0 Å². The summed E-state index contributed by atoms with van der Waals surface area (Å²) >= 11 is 3.96. The number of aliphatic hydroxyl groups is 2. The number of unbranched alkanes of at least 4 members (excludes halogenated alkanes) is 6. The van der Waals surface area contributed by atoms with Crippen LogP contribution in [0.5, 0.6) is 0 Å². The number of anilines is 2. The van der Waals surface area contributed by atoms with Crippen molar-refractivity contribution >= 4 is 48.8 Å². The highest BCUT2D eigenvalue weighted by atomic mass is 79.9. The van der Waals surface area contributed by atoms with Crippen LogP contribution in [-0.2, 0) is 10.8 Å². The lowest BCUT2D eigenvalue weighted by Crippen LogP contribution is -2.40. The first-order valence-corrected chi connectivity index (χ1v) is 21.6. The van der Waals surface area contributed by atoms with Gasteiger partial charge in [-0.3, -0.25) is 0 Å². The quantitative estimate of drug-likeness (QED) is 0.0929. The lowest BCUT2D eigenvalue weighted by Gasteiger charge is -2.32. The normalized spacial score (nSPS) is 17.8. The molecule has 2 N–H and O–H groups in total. The molecule has 2 aliphatic rings. The van der Waals surface area contributed by atoms with Gasteiger partial charge in [-0.2, -0.15) is 0 Å². The molecule has 0 saturated heterocycles. The maximum absolute atomic E-state index is 9.31. The molecule has 2 heterocycles. The number of rotatable bonds is 15. The Hall–Kier alpha value is -3.38. The molecular formula is C49H67BrN2O2. The second-order valence-electron chi connectivity index (χ2n) is 15.2. The highest BCUT2D eigenvalue weighted by Crippen LogP contribution is 2.51. The van der Waals surface area contributed by atoms with Crippen LogP contribution in [0.4, 0.5) is 11.4 Å². The molecule has 292 valence electrons. The summed E-state index contributed by atoms with van der Waals surface area (Å²) in [5.41, 5.74) is 6.60. The van der Waals surface area contributed by atoms with Crippen LogP contribution in [0.15, 0.2) is 107 Å². The SMILES string of the molecule is CC.CC.CC1(C)\C(=C/C=C(Br)/C=C/C2N(CCCCCCO)c3ccc4ccccc4c3C2(C)C)N(CCCCCCO)c2ccc3ccccc3c21. The Morgan fingerprint density at radius 1 is 0.648 bits per heavy atom. The summed E-state index contributed by atoms with van der Waals surface area (Å²) in [4.78, 5) is 5.16. The zero-order valence-corrected chi connectivity index (χ0v) is 36.1. The number of hydrogen-bond donors (Lipinski definition) is 2. The molecule has 0 radical (unpaired) electrons. The molecule has 0 aromatic heterocycles. The zero-order chi connectivity index (χ0) is 39.3. The van der Waals surface area contributed by atoms with Crippen LogP contribution in [0.1, 0.15) is 118 Å². The maximum atomic E-state index is 9.31. The van der Waals surface area contributed by atoms with Crippen LogP contribution in [0, 0.1) is 0 Å². The summed E-state index contributed by atoms with van der Waals surface area (Å²) in [6, 6.07) is 27.0. The van der Waals surface area contributed by atoms with Gasteiger partial charge in [-0.05, 0) is 88.7 Å². The highest BCUT2D eigenvalue weighted by molar-refractivity contribution is 9.11. The zero-order valence-electron chi connectivity index (χ0n) is 34.5. The Bertz CT molecular complexity index is 1890. The number of benzene rings is 4. The predicted molar refractivity (Wildman–Crippen MR) is 240 cm³/mol. The molecular weight excluding hydrogens is 728 g/mol. The second-order valence-corrected chi connectivity index (χ2v) is 16.2. The number of hydrogen-bond acceptors (Lipinski definition) is 4. The Balaban J connectivity index is 0.00000157. The van der Waals surface area contributed by atoms with E-state index in [1.54, 1.807) is 0 Å². The molecule has 6 rings (SSSR count). The summed E-state index contributed by atoms with van der Waals surface area (Å²) in [5.74, 6) is 0. The third-order valence-corrected chi connectivity index (χ3v) is 11.7. The summed E-state index contributed by atoms with van der Waals surface area (Å²) < 4.78 is 1.06. The summed E-state index contributed by atoms with van der Waals surface area (Å²) in [5, 5.41) is 23.9. The Morgan fingerprint density at radius 2 is 1.17 bits per heavy atom. The minimum atomic E-state index is -0.155. The van der Waals surface area contributed by atoms with Gasteiger partial charge in [0.05, 0.1) is 6.04 Å². The molecule has 4 aromatic rings. The van der Waals surface area contributed by atoms with Crippen LogP contribution < -0.4 is 9.80 Å². The Morgan fingerprint density at radius 3 is 1.76 bits per heavy atom. The summed E-state index contributed by atoms with van der Waals surface area (Å²) in [6.45, 7) is 20.0. The molecule has 0 bridgehead atoms. The number of fused-ring (bicyclic) bond motifs is 6. The fourth-order valence-electron chi connectivity index (χ4n) is 8.62. The minimum Gasteiger partial charge on any atom is -0.396 e. The largest absolute Gasteiger partial charge is 0.396 e. The first-order valence-electron chi connectivity index (χ1n) is 20.8. The van der Waals surface area contributed by atoms with Gasteiger partial charge >= 0.3 is 0 Å². The number of aliphatic hydroxyl groups excluding tert-OH is 2. The molecule has 0 fully saturated rings. The van der Waals surface area contributed by atoms with Gasteiger partial charge in [0.2, 0.25) is 0 Å². The summed E-state index contributed by atoms with van der Waals surface area (Å²) in [6.07, 6.45) is 17.6. The molecule has 5 heteroatoms. The van der Waals surface area contributed by atoms with Gasteiger partial charge in [-0.1, -0.05) is 164 Å². The smallest absolute Gasteiger partial charge is 0.0569 e. The van der Waals surface area contributed by atoms with Crippen molar-refractivity contribution in [3.05, 3.63) is 118 Å². The molecule has 0 spiro atoms. The van der Waals surface area contributed by atoms with E-state index in [0.29, 0.717) is 0 Å². The topological polar surface area (TPSA) is 46.9 Å². The van der Waals surface area contributed by atoms with Crippen molar-refractivity contribution in [2.45, 2.75) is 124 Å². The van der Waals surface area contributed by atoms with Crippen LogP contribution >= 0.6 is 15.9 Å². The van der Waals surface area contributed by atoms with Crippen molar-refractivity contribution in [3.63, 3.8) is 0 Å². The third kappa shape index (κ3) is 9.34. The van der Waals surface area contributed by atoms with E-state index < -0.39 is 0 Å². The van der Waals surface area contributed by atoms with Gasteiger partial charge in [-0.25, -0.2) is 0 Å². The number of nitrogens with zero attached hydrogens (tertiary/aromatic N) is 2. The highest BCUT2D eigenvalue weighted by Gasteiger charge is 2.44. The molecule has 1 atom stereocenters. The molecule has 0 amide bonds. The van der Waals surface area contributed by atoms with E-state index in [1.807, 2.05) is 27.7 Å². The van der Waals surface area contributed by atoms with E-state index in [-0.39, 0.29) is 30.1 Å². The first kappa shape index (κ1) is 43.3. The van der Waals surface area contributed by atoms with Crippen molar-refractivity contribution in [1.82, 2.24) is 0 Å². The Kier molecular flexibility index (Phi) is 16.5. The average molecular weight is 796 g/mol. The standard InChI is InChI=1S/C45H55BrN2O2.2C2H6/c1-44(2)40(47(29-13-5-7-15-31-49)38-25-21-33-17-9-11-19-36(33)42(38)44)27-23-35(46)24-28-41-45(3,4)43-37-20-12-10-18-34(37)22-26-39(43)48(41)30-14-6-8-16-32-50;2*1-2/h9-12,17-28,40,49-50H,5-8,13-16,29-32H2,1-4H3;2*1-2H3/b27-23+,35-24-,41-28+;;. The Labute approximate surface area is 335 Å². The molecule has 1 unspecified atom stereocenters. The van der Waals surface area contributed by atoms with Crippen LogP contribution in [0.3, 0.4) is 0 Å².